The summed E-state index contributed by atoms with van der Waals surface area (Å²) in [6, 6.07) is 15.2. The van der Waals surface area contributed by atoms with Crippen molar-refractivity contribution in [1.82, 2.24) is 30.6 Å². The monoisotopic (exact) mass is 448 g/mol. The maximum atomic E-state index is 12.4. The third-order valence-corrected chi connectivity index (χ3v) is 6.22. The lowest BCUT2D eigenvalue weighted by atomic mass is 10.1. The van der Waals surface area contributed by atoms with Crippen LogP contribution in [0.2, 0.25) is 0 Å². The zero-order valence-corrected chi connectivity index (χ0v) is 18.9. The van der Waals surface area contributed by atoms with Gasteiger partial charge in [-0.2, -0.15) is 5.10 Å². The number of imidazole rings is 1. The van der Waals surface area contributed by atoms with E-state index in [-0.39, 0.29) is 18.2 Å². The molecule has 32 heavy (non-hydrogen) atoms. The number of nitrogens with one attached hydrogen (secondary N) is 3. The Bertz CT molecular complexity index is 1240. The summed E-state index contributed by atoms with van der Waals surface area (Å²) >= 11 is 1.60. The Kier molecular flexibility index (Phi) is 6.27. The lowest BCUT2D eigenvalue weighted by molar-refractivity contribution is -0.121. The summed E-state index contributed by atoms with van der Waals surface area (Å²) in [6.45, 7) is 3.78. The van der Waals surface area contributed by atoms with Crippen LogP contribution in [0, 0.1) is 13.8 Å². The standard InChI is InChI=1S/C23H24N6O2S/c1-14-18(15(2)29(3)28-14)12-21(30)26-27-22(31)17-10-8-16(9-11-17)13-32-23-24-19-6-4-5-7-20(19)25-23/h4-11H,12-13H2,1-3H3,(H,24,25)(H,26,30)(H,27,31). The van der Waals surface area contributed by atoms with Crippen molar-refractivity contribution in [2.45, 2.75) is 31.2 Å². The number of H-pyrrole nitrogens is 1. The molecule has 8 nitrogen and oxygen atoms in total. The number of aromatic amines is 1. The molecule has 0 aliphatic heterocycles. The molecule has 0 aliphatic rings. The Hall–Kier alpha value is -3.59. The largest absolute Gasteiger partial charge is 0.333 e. The minimum Gasteiger partial charge on any atom is -0.333 e. The van der Waals surface area contributed by atoms with E-state index >= 15 is 0 Å². The second-order valence-corrected chi connectivity index (χ2v) is 8.46. The highest BCUT2D eigenvalue weighted by Gasteiger charge is 2.14. The second-order valence-electron chi connectivity index (χ2n) is 7.50. The molecule has 164 valence electrons. The molecule has 0 saturated carbocycles. The molecule has 0 bridgehead atoms. The molecule has 0 saturated heterocycles. The molecule has 4 aromatic rings. The number of fused-ring (bicyclic) bond motifs is 1. The van der Waals surface area contributed by atoms with E-state index in [4.69, 9.17) is 0 Å². The van der Waals surface area contributed by atoms with Crippen molar-refractivity contribution in [2.24, 2.45) is 7.05 Å². The van der Waals surface area contributed by atoms with Gasteiger partial charge in [0, 0.05) is 29.6 Å². The van der Waals surface area contributed by atoms with Crippen LogP contribution in [0.3, 0.4) is 0 Å². The van der Waals surface area contributed by atoms with Crippen LogP contribution < -0.4 is 10.9 Å². The maximum absolute atomic E-state index is 12.4. The minimum atomic E-state index is -0.366. The summed E-state index contributed by atoms with van der Waals surface area (Å²) in [5.74, 6) is 0.0632. The number of hydrogen-bond donors (Lipinski definition) is 3. The van der Waals surface area contributed by atoms with Gasteiger partial charge in [0.05, 0.1) is 23.1 Å². The third kappa shape index (κ3) is 4.83. The zero-order chi connectivity index (χ0) is 22.7. The molecule has 0 aliphatic carbocycles. The summed E-state index contributed by atoms with van der Waals surface area (Å²) < 4.78 is 1.74. The zero-order valence-electron chi connectivity index (χ0n) is 18.1. The number of amides is 2. The van der Waals surface area contributed by atoms with Gasteiger partial charge in [0.25, 0.3) is 5.91 Å². The Morgan fingerprint density at radius 1 is 1.06 bits per heavy atom. The number of carbonyl (C=O) groups excluding carboxylic acids is 2. The number of hydrazine groups is 1. The molecule has 0 atom stereocenters. The molecule has 2 aromatic carbocycles. The van der Waals surface area contributed by atoms with Gasteiger partial charge in [0.1, 0.15) is 0 Å². The van der Waals surface area contributed by atoms with E-state index < -0.39 is 0 Å². The average molecular weight is 449 g/mol. The molecule has 4 rings (SSSR count). The van der Waals surface area contributed by atoms with E-state index in [9.17, 15) is 9.59 Å². The average Bonchev–Trinajstić information content (AvgIpc) is 3.32. The number of aromatic nitrogens is 4. The van der Waals surface area contributed by atoms with Gasteiger partial charge >= 0.3 is 0 Å². The van der Waals surface area contributed by atoms with Crippen molar-refractivity contribution in [3.8, 4) is 0 Å². The molecular formula is C23H24N6O2S. The predicted molar refractivity (Wildman–Crippen MR) is 124 cm³/mol. The Morgan fingerprint density at radius 2 is 1.81 bits per heavy atom. The first-order valence-corrected chi connectivity index (χ1v) is 11.1. The van der Waals surface area contributed by atoms with Crippen molar-refractivity contribution in [3.05, 3.63) is 76.6 Å². The lowest BCUT2D eigenvalue weighted by Gasteiger charge is -2.08. The second kappa shape index (κ2) is 9.27. The van der Waals surface area contributed by atoms with Crippen molar-refractivity contribution < 1.29 is 9.59 Å². The number of nitrogens with zero attached hydrogens (tertiary/aromatic N) is 3. The molecule has 2 heterocycles. The quantitative estimate of drug-likeness (QED) is 0.310. The van der Waals surface area contributed by atoms with Crippen molar-refractivity contribution >= 4 is 34.6 Å². The Balaban J connectivity index is 1.28. The number of benzene rings is 2. The van der Waals surface area contributed by atoms with E-state index in [0.717, 1.165) is 44.5 Å². The molecule has 0 unspecified atom stereocenters. The van der Waals surface area contributed by atoms with E-state index in [1.165, 1.54) is 0 Å². The van der Waals surface area contributed by atoms with Gasteiger partial charge in [-0.3, -0.25) is 25.1 Å². The molecular weight excluding hydrogens is 424 g/mol. The first-order valence-electron chi connectivity index (χ1n) is 10.2. The molecule has 2 aromatic heterocycles. The highest BCUT2D eigenvalue weighted by Crippen LogP contribution is 2.23. The van der Waals surface area contributed by atoms with Gasteiger partial charge in [-0.05, 0) is 43.7 Å². The van der Waals surface area contributed by atoms with Gasteiger partial charge in [-0.25, -0.2) is 4.98 Å². The SMILES string of the molecule is Cc1nn(C)c(C)c1CC(=O)NNC(=O)c1ccc(CSc2nc3ccccc3[nH]2)cc1. The first-order chi connectivity index (χ1) is 15.4. The van der Waals surface area contributed by atoms with Gasteiger partial charge in [0.2, 0.25) is 5.91 Å². The van der Waals surface area contributed by atoms with E-state index in [1.54, 1.807) is 28.6 Å². The number of aryl methyl sites for hydroxylation is 2. The minimum absolute atomic E-state index is 0.156. The molecule has 0 radical (unpaired) electrons. The number of thioether (sulfide) groups is 1. The first kappa shape index (κ1) is 21.6. The number of carbonyl (C=O) groups is 2. The summed E-state index contributed by atoms with van der Waals surface area (Å²) in [7, 11) is 1.84. The number of para-hydroxylation sites is 2. The highest BCUT2D eigenvalue weighted by molar-refractivity contribution is 7.98. The van der Waals surface area contributed by atoms with Crippen molar-refractivity contribution in [1.29, 1.82) is 0 Å². The summed E-state index contributed by atoms with van der Waals surface area (Å²) in [6.07, 6.45) is 0.156. The van der Waals surface area contributed by atoms with Gasteiger partial charge in [0.15, 0.2) is 5.16 Å². The van der Waals surface area contributed by atoms with Gasteiger partial charge in [-0.1, -0.05) is 36.0 Å². The lowest BCUT2D eigenvalue weighted by Crippen LogP contribution is -2.42. The Morgan fingerprint density at radius 3 is 2.50 bits per heavy atom. The third-order valence-electron chi connectivity index (χ3n) is 5.27. The predicted octanol–water partition coefficient (Wildman–Crippen LogP) is 3.21. The van der Waals surface area contributed by atoms with Crippen molar-refractivity contribution in [2.75, 3.05) is 0 Å². The van der Waals surface area contributed by atoms with Crippen LogP contribution in [0.25, 0.3) is 11.0 Å². The smallest absolute Gasteiger partial charge is 0.269 e. The van der Waals surface area contributed by atoms with Crippen LogP contribution in [0.1, 0.15) is 32.9 Å². The highest BCUT2D eigenvalue weighted by atomic mass is 32.2. The van der Waals surface area contributed by atoms with Crippen LogP contribution in [-0.4, -0.2) is 31.6 Å². The molecule has 0 fully saturated rings. The maximum Gasteiger partial charge on any atom is 0.269 e. The van der Waals surface area contributed by atoms with Crippen LogP contribution in [0.4, 0.5) is 0 Å². The fraction of sp³-hybridized carbons (Fsp3) is 0.217. The van der Waals surface area contributed by atoms with E-state index in [1.807, 2.05) is 57.3 Å². The summed E-state index contributed by atoms with van der Waals surface area (Å²) in [4.78, 5) is 32.4. The van der Waals surface area contributed by atoms with Gasteiger partial charge < -0.3 is 4.98 Å². The van der Waals surface area contributed by atoms with Crippen LogP contribution in [-0.2, 0) is 24.0 Å². The topological polar surface area (TPSA) is 105 Å². The van der Waals surface area contributed by atoms with Gasteiger partial charge in [-0.15, -0.1) is 0 Å². The van der Waals surface area contributed by atoms with Crippen LogP contribution in [0.5, 0.6) is 0 Å². The normalized spacial score (nSPS) is 11.0. The number of rotatable bonds is 6. The fourth-order valence-electron chi connectivity index (χ4n) is 3.38. The van der Waals surface area contributed by atoms with Crippen LogP contribution >= 0.6 is 11.8 Å². The van der Waals surface area contributed by atoms with Crippen LogP contribution in [0.15, 0.2) is 53.7 Å². The number of hydrogen-bond acceptors (Lipinski definition) is 5. The molecule has 0 spiro atoms. The molecule has 3 N–H and O–H groups in total. The Labute approximate surface area is 189 Å². The molecule has 9 heteroatoms. The van der Waals surface area contributed by atoms with E-state index in [0.29, 0.717) is 5.56 Å². The molecule has 2 amide bonds. The summed E-state index contributed by atoms with van der Waals surface area (Å²) in [5.41, 5.74) is 11.0. The van der Waals surface area contributed by atoms with Crippen molar-refractivity contribution in [3.63, 3.8) is 0 Å². The summed E-state index contributed by atoms with van der Waals surface area (Å²) in [5, 5.41) is 5.16. The fourth-order valence-corrected chi connectivity index (χ4v) is 4.22. The van der Waals surface area contributed by atoms with E-state index in [2.05, 4.69) is 25.9 Å².